The van der Waals surface area contributed by atoms with E-state index in [1.165, 1.54) is 63.1 Å². The number of ether oxygens (including phenoxy) is 2. The summed E-state index contributed by atoms with van der Waals surface area (Å²) in [7, 11) is 0. The number of phenols is 1. The number of unbranched alkanes of at least 4 members (excludes halogenated alkanes) is 7. The summed E-state index contributed by atoms with van der Waals surface area (Å²) in [6.07, 6.45) is 12.4. The van der Waals surface area contributed by atoms with Crippen molar-refractivity contribution in [3.05, 3.63) is 29.3 Å². The molecule has 0 saturated heterocycles. The van der Waals surface area contributed by atoms with Crippen LogP contribution >= 0.6 is 0 Å². The lowest BCUT2D eigenvalue weighted by Crippen LogP contribution is -2.22. The molecular formula is C25H42O5. The van der Waals surface area contributed by atoms with E-state index in [4.69, 9.17) is 9.47 Å². The van der Waals surface area contributed by atoms with Crippen LogP contribution in [0.5, 0.6) is 5.75 Å². The van der Waals surface area contributed by atoms with E-state index in [0.717, 1.165) is 25.7 Å². The van der Waals surface area contributed by atoms with E-state index in [1.807, 2.05) is 6.92 Å². The molecule has 0 heterocycles. The van der Waals surface area contributed by atoms with Crippen LogP contribution in [-0.4, -0.2) is 29.1 Å². The van der Waals surface area contributed by atoms with E-state index in [1.54, 1.807) is 0 Å². The molecular weight excluding hydrogens is 380 g/mol. The SMILES string of the molecule is CCCCCCCCCCOC(CCC)OC(CCC)c1cc(O)ccc1C(=O)O. The van der Waals surface area contributed by atoms with Crippen LogP contribution in [0, 0.1) is 0 Å². The number of carboxylic acids is 1. The lowest BCUT2D eigenvalue weighted by atomic mass is 9.98. The molecule has 0 radical (unpaired) electrons. The van der Waals surface area contributed by atoms with Gasteiger partial charge in [-0.3, -0.25) is 0 Å². The van der Waals surface area contributed by atoms with Crippen LogP contribution in [0.2, 0.25) is 0 Å². The molecule has 0 amide bonds. The highest BCUT2D eigenvalue weighted by atomic mass is 16.7. The average Bonchev–Trinajstić information content (AvgIpc) is 2.72. The molecule has 0 saturated carbocycles. The Bertz CT molecular complexity index is 587. The van der Waals surface area contributed by atoms with Crippen molar-refractivity contribution in [1.82, 2.24) is 0 Å². The number of aromatic hydroxyl groups is 1. The predicted octanol–water partition coefficient (Wildman–Crippen LogP) is 7.23. The van der Waals surface area contributed by atoms with Gasteiger partial charge in [-0.1, -0.05) is 78.6 Å². The summed E-state index contributed by atoms with van der Waals surface area (Å²) >= 11 is 0. The molecule has 1 rings (SSSR count). The van der Waals surface area contributed by atoms with Crippen LogP contribution in [-0.2, 0) is 9.47 Å². The fourth-order valence-electron chi connectivity index (χ4n) is 3.63. The lowest BCUT2D eigenvalue weighted by Gasteiger charge is -2.26. The number of hydrogen-bond acceptors (Lipinski definition) is 4. The van der Waals surface area contributed by atoms with Crippen LogP contribution in [0.1, 0.15) is 120 Å². The molecule has 0 aliphatic heterocycles. The summed E-state index contributed by atoms with van der Waals surface area (Å²) in [4.78, 5) is 11.6. The largest absolute Gasteiger partial charge is 0.508 e. The van der Waals surface area contributed by atoms with Gasteiger partial charge in [0.2, 0.25) is 0 Å². The number of phenolic OH excluding ortho intramolecular Hbond substituents is 1. The first-order valence-electron chi connectivity index (χ1n) is 11.9. The lowest BCUT2D eigenvalue weighted by molar-refractivity contribution is -0.178. The highest BCUT2D eigenvalue weighted by Gasteiger charge is 2.23. The Labute approximate surface area is 182 Å². The summed E-state index contributed by atoms with van der Waals surface area (Å²) in [6.45, 7) is 7.02. The zero-order chi connectivity index (χ0) is 22.2. The molecule has 2 N–H and O–H groups in total. The molecule has 0 bridgehead atoms. The smallest absolute Gasteiger partial charge is 0.336 e. The maximum absolute atomic E-state index is 11.6. The van der Waals surface area contributed by atoms with Crippen LogP contribution < -0.4 is 0 Å². The molecule has 0 aromatic heterocycles. The van der Waals surface area contributed by atoms with E-state index in [2.05, 4.69) is 13.8 Å². The third-order valence-electron chi connectivity index (χ3n) is 5.31. The molecule has 0 fully saturated rings. The number of carboxylic acid groups (broad SMARTS) is 1. The van der Waals surface area contributed by atoms with Crippen LogP contribution in [0.4, 0.5) is 0 Å². The second-order valence-corrected chi connectivity index (χ2v) is 8.05. The molecule has 0 aliphatic carbocycles. The summed E-state index contributed by atoms with van der Waals surface area (Å²) in [5.41, 5.74) is 0.686. The zero-order valence-corrected chi connectivity index (χ0v) is 19.2. The predicted molar refractivity (Wildman–Crippen MR) is 121 cm³/mol. The van der Waals surface area contributed by atoms with Gasteiger partial charge in [-0.25, -0.2) is 4.79 Å². The van der Waals surface area contributed by atoms with Gasteiger partial charge in [0, 0.05) is 6.61 Å². The maximum atomic E-state index is 11.6. The Morgan fingerprint density at radius 2 is 1.53 bits per heavy atom. The van der Waals surface area contributed by atoms with Gasteiger partial charge in [0.05, 0.1) is 11.7 Å². The number of rotatable bonds is 18. The average molecular weight is 423 g/mol. The Morgan fingerprint density at radius 1 is 0.900 bits per heavy atom. The quantitative estimate of drug-likeness (QED) is 0.193. The first kappa shape index (κ1) is 26.4. The van der Waals surface area contributed by atoms with Crippen molar-refractivity contribution in [1.29, 1.82) is 0 Å². The normalized spacial score (nSPS) is 13.3. The van der Waals surface area contributed by atoms with Crippen LogP contribution in [0.3, 0.4) is 0 Å². The van der Waals surface area contributed by atoms with Crippen molar-refractivity contribution < 1.29 is 24.5 Å². The van der Waals surface area contributed by atoms with Crippen molar-refractivity contribution in [2.24, 2.45) is 0 Å². The van der Waals surface area contributed by atoms with Crippen LogP contribution in [0.25, 0.3) is 0 Å². The van der Waals surface area contributed by atoms with E-state index >= 15 is 0 Å². The fourth-order valence-corrected chi connectivity index (χ4v) is 3.63. The van der Waals surface area contributed by atoms with Crippen molar-refractivity contribution in [2.75, 3.05) is 6.61 Å². The molecule has 1 aromatic carbocycles. The standard InChI is InChI=1S/C25H42O5/c1-4-7-8-9-10-11-12-13-18-29-24(15-6-3)30-23(14-5-2)22-19-20(26)16-17-21(22)25(27)28/h16-17,19,23-24,26H,4-15,18H2,1-3H3,(H,27,28). The Balaban J connectivity index is 2.59. The molecule has 5 heteroatoms. The fraction of sp³-hybridized carbons (Fsp3) is 0.720. The van der Waals surface area contributed by atoms with E-state index in [0.29, 0.717) is 18.6 Å². The minimum Gasteiger partial charge on any atom is -0.508 e. The van der Waals surface area contributed by atoms with Gasteiger partial charge in [-0.2, -0.15) is 0 Å². The number of benzene rings is 1. The summed E-state index contributed by atoms with van der Waals surface area (Å²) in [5.74, 6) is -0.965. The molecule has 0 spiro atoms. The van der Waals surface area contributed by atoms with Gasteiger partial charge < -0.3 is 19.7 Å². The van der Waals surface area contributed by atoms with E-state index < -0.39 is 12.1 Å². The van der Waals surface area contributed by atoms with Crippen molar-refractivity contribution in [2.45, 2.75) is 110 Å². The second-order valence-electron chi connectivity index (χ2n) is 8.05. The van der Waals surface area contributed by atoms with Gasteiger partial charge in [0.25, 0.3) is 0 Å². The number of carbonyl (C=O) groups is 1. The summed E-state index contributed by atoms with van der Waals surface area (Å²) < 4.78 is 12.3. The highest BCUT2D eigenvalue weighted by Crippen LogP contribution is 2.31. The Hall–Kier alpha value is -1.59. The molecule has 0 aliphatic rings. The minimum absolute atomic E-state index is 0.0478. The molecule has 30 heavy (non-hydrogen) atoms. The topological polar surface area (TPSA) is 76.0 Å². The minimum atomic E-state index is -1.01. The van der Waals surface area contributed by atoms with E-state index in [-0.39, 0.29) is 17.6 Å². The summed E-state index contributed by atoms with van der Waals surface area (Å²) in [5, 5.41) is 19.4. The van der Waals surface area contributed by atoms with Crippen LogP contribution in [0.15, 0.2) is 18.2 Å². The van der Waals surface area contributed by atoms with Crippen molar-refractivity contribution in [3.63, 3.8) is 0 Å². The third kappa shape index (κ3) is 10.4. The number of aromatic carboxylic acids is 1. The monoisotopic (exact) mass is 422 g/mol. The highest BCUT2D eigenvalue weighted by molar-refractivity contribution is 5.89. The molecule has 2 atom stereocenters. The van der Waals surface area contributed by atoms with Gasteiger partial charge in [-0.15, -0.1) is 0 Å². The van der Waals surface area contributed by atoms with Gasteiger partial charge >= 0.3 is 5.97 Å². The second kappa shape index (κ2) is 16.1. The molecule has 2 unspecified atom stereocenters. The summed E-state index contributed by atoms with van der Waals surface area (Å²) in [6, 6.07) is 4.35. The maximum Gasteiger partial charge on any atom is 0.336 e. The van der Waals surface area contributed by atoms with E-state index in [9.17, 15) is 15.0 Å². The molecule has 1 aromatic rings. The van der Waals surface area contributed by atoms with Gasteiger partial charge in [0.1, 0.15) is 5.75 Å². The van der Waals surface area contributed by atoms with Gasteiger partial charge in [-0.05, 0) is 43.0 Å². The third-order valence-corrected chi connectivity index (χ3v) is 5.31. The first-order valence-corrected chi connectivity index (χ1v) is 11.9. The molecule has 172 valence electrons. The Morgan fingerprint density at radius 3 is 2.13 bits per heavy atom. The van der Waals surface area contributed by atoms with Crippen molar-refractivity contribution >= 4 is 5.97 Å². The number of hydrogen-bond donors (Lipinski definition) is 2. The Kier molecular flexibility index (Phi) is 14.2. The van der Waals surface area contributed by atoms with Gasteiger partial charge in [0.15, 0.2) is 6.29 Å². The van der Waals surface area contributed by atoms with Crippen molar-refractivity contribution in [3.8, 4) is 5.75 Å². The first-order chi connectivity index (χ1) is 14.5. The molecule has 5 nitrogen and oxygen atoms in total. The zero-order valence-electron chi connectivity index (χ0n) is 19.2.